The minimum absolute atomic E-state index is 0.0824. The number of hydrogen-bond donors (Lipinski definition) is 2. The van der Waals surface area contributed by atoms with Crippen molar-refractivity contribution in [3.63, 3.8) is 0 Å². The molecule has 1 aliphatic rings. The third-order valence-electron chi connectivity index (χ3n) is 4.53. The molecule has 164 valence electrons. The van der Waals surface area contributed by atoms with Crippen LogP contribution in [0.2, 0.25) is 5.02 Å². The Morgan fingerprint density at radius 3 is 2.74 bits per heavy atom. The van der Waals surface area contributed by atoms with Gasteiger partial charge >= 0.3 is 11.9 Å². The number of ether oxygens (including phenoxy) is 2. The maximum atomic E-state index is 13.1. The number of aliphatic hydroxyl groups excluding tert-OH is 2. The van der Waals surface area contributed by atoms with Crippen LogP contribution >= 0.6 is 11.6 Å². The van der Waals surface area contributed by atoms with E-state index in [-0.39, 0.29) is 24.3 Å². The molecular formula is C23H25ClN2O5. The normalized spacial score (nSPS) is 17.3. The Bertz CT molecular complexity index is 1010. The second kappa shape index (κ2) is 10.4. The summed E-state index contributed by atoms with van der Waals surface area (Å²) in [6, 6.07) is 12.8. The number of anilines is 1. The second-order valence-corrected chi connectivity index (χ2v) is 7.45. The van der Waals surface area contributed by atoms with Crippen molar-refractivity contribution in [1.82, 2.24) is 0 Å². The molecular weight excluding hydrogens is 420 g/mol. The Balaban J connectivity index is 1.88. The third kappa shape index (κ3) is 5.44. The predicted octanol–water partition coefficient (Wildman–Crippen LogP) is 3.55. The van der Waals surface area contributed by atoms with Crippen molar-refractivity contribution in [3.8, 4) is 5.75 Å². The standard InChI is InChI=1S/C23H25ClN2O5/c1-3-10-25-23-26(19-7-5-4-6-15(19)2)22(29)21(31-23)12-16-8-9-20(18(24)11-16)30-14-17(28)13-27/h4-9,11-12,17,27-28H,3,10,13-14H2,1-2H3/b21-12-,25-23-. The summed E-state index contributed by atoms with van der Waals surface area (Å²) in [5, 5.41) is 18.6. The first kappa shape index (κ1) is 22.8. The van der Waals surface area contributed by atoms with Crippen molar-refractivity contribution in [2.75, 3.05) is 24.7 Å². The molecule has 2 aromatic rings. The van der Waals surface area contributed by atoms with Gasteiger partial charge in [0.25, 0.3) is 0 Å². The number of halogens is 1. The third-order valence-corrected chi connectivity index (χ3v) is 4.82. The summed E-state index contributed by atoms with van der Waals surface area (Å²) < 4.78 is 11.2. The Morgan fingerprint density at radius 2 is 2.06 bits per heavy atom. The maximum Gasteiger partial charge on any atom is 0.305 e. The summed E-state index contributed by atoms with van der Waals surface area (Å²) in [5.74, 6) is 0.187. The fraction of sp³-hybridized carbons (Fsp3) is 0.304. The fourth-order valence-electron chi connectivity index (χ4n) is 2.93. The van der Waals surface area contributed by atoms with E-state index in [1.54, 1.807) is 24.3 Å². The zero-order valence-corrected chi connectivity index (χ0v) is 18.2. The van der Waals surface area contributed by atoms with Gasteiger partial charge in [0.05, 0.1) is 17.3 Å². The van der Waals surface area contributed by atoms with Crippen LogP contribution in [0.15, 0.2) is 53.2 Å². The molecule has 1 unspecified atom stereocenters. The first-order chi connectivity index (χ1) is 14.9. The molecule has 1 aliphatic heterocycles. The van der Waals surface area contributed by atoms with E-state index in [0.29, 0.717) is 22.9 Å². The van der Waals surface area contributed by atoms with Crippen LogP contribution < -0.4 is 9.64 Å². The van der Waals surface area contributed by atoms with Crippen molar-refractivity contribution >= 4 is 35.3 Å². The molecule has 1 heterocycles. The van der Waals surface area contributed by atoms with Crippen LogP contribution in [0.5, 0.6) is 5.75 Å². The summed E-state index contributed by atoms with van der Waals surface area (Å²) in [4.78, 5) is 19.1. The number of aliphatic hydroxyl groups is 2. The van der Waals surface area contributed by atoms with Gasteiger partial charge in [-0.2, -0.15) is 0 Å². The van der Waals surface area contributed by atoms with Crippen molar-refractivity contribution in [1.29, 1.82) is 0 Å². The number of carbonyl (C=O) groups is 1. The van der Waals surface area contributed by atoms with E-state index in [4.69, 9.17) is 26.2 Å². The van der Waals surface area contributed by atoms with Crippen molar-refractivity contribution in [2.24, 2.45) is 4.99 Å². The van der Waals surface area contributed by atoms with Gasteiger partial charge in [-0.15, -0.1) is 0 Å². The largest absolute Gasteiger partial charge is 0.489 e. The second-order valence-electron chi connectivity index (χ2n) is 7.04. The van der Waals surface area contributed by atoms with Gasteiger partial charge in [-0.25, -0.2) is 9.89 Å². The van der Waals surface area contributed by atoms with Crippen LogP contribution in [-0.2, 0) is 9.53 Å². The van der Waals surface area contributed by atoms with E-state index < -0.39 is 12.7 Å². The number of rotatable bonds is 8. The van der Waals surface area contributed by atoms with Gasteiger partial charge in [0.15, 0.2) is 5.76 Å². The van der Waals surface area contributed by atoms with Gasteiger partial charge < -0.3 is 19.7 Å². The van der Waals surface area contributed by atoms with Crippen LogP contribution in [0.3, 0.4) is 0 Å². The Labute approximate surface area is 186 Å². The van der Waals surface area contributed by atoms with Crippen LogP contribution in [0.1, 0.15) is 24.5 Å². The lowest BCUT2D eigenvalue weighted by Crippen LogP contribution is -2.30. The summed E-state index contributed by atoms with van der Waals surface area (Å²) in [7, 11) is 0. The molecule has 0 saturated carbocycles. The first-order valence-electron chi connectivity index (χ1n) is 10.00. The minimum atomic E-state index is -0.990. The van der Waals surface area contributed by atoms with E-state index in [1.807, 2.05) is 38.1 Å². The molecule has 1 fully saturated rings. The van der Waals surface area contributed by atoms with E-state index in [1.165, 1.54) is 4.90 Å². The molecule has 1 amide bonds. The number of nitrogens with zero attached hydrogens (tertiary/aromatic N) is 2. The van der Waals surface area contributed by atoms with Crippen molar-refractivity contribution in [3.05, 3.63) is 64.4 Å². The number of carbonyl (C=O) groups excluding carboxylic acids is 1. The molecule has 0 aromatic heterocycles. The number of benzene rings is 2. The first-order valence-corrected chi connectivity index (χ1v) is 10.4. The summed E-state index contributed by atoms with van der Waals surface area (Å²) >= 11 is 6.26. The molecule has 1 saturated heterocycles. The van der Waals surface area contributed by atoms with Crippen molar-refractivity contribution < 1.29 is 24.5 Å². The van der Waals surface area contributed by atoms with Gasteiger partial charge in [0, 0.05) is 6.54 Å². The average molecular weight is 445 g/mol. The topological polar surface area (TPSA) is 91.6 Å². The molecule has 0 radical (unpaired) electrons. The van der Waals surface area contributed by atoms with E-state index in [0.717, 1.165) is 17.7 Å². The zero-order chi connectivity index (χ0) is 22.4. The Kier molecular flexibility index (Phi) is 7.68. The fourth-order valence-corrected chi connectivity index (χ4v) is 3.17. The number of amidine groups is 1. The van der Waals surface area contributed by atoms with Crippen molar-refractivity contribution in [2.45, 2.75) is 26.4 Å². The van der Waals surface area contributed by atoms with Gasteiger partial charge in [-0.05, 0) is 48.7 Å². The van der Waals surface area contributed by atoms with E-state index in [2.05, 4.69) is 4.99 Å². The van der Waals surface area contributed by atoms with Gasteiger partial charge in [0.1, 0.15) is 18.5 Å². The summed E-state index contributed by atoms with van der Waals surface area (Å²) in [6.07, 6.45) is 1.43. The lowest BCUT2D eigenvalue weighted by atomic mass is 10.1. The highest BCUT2D eigenvalue weighted by Gasteiger charge is 2.36. The molecule has 0 aliphatic carbocycles. The Morgan fingerprint density at radius 1 is 1.29 bits per heavy atom. The molecule has 2 aromatic carbocycles. The number of amides is 1. The predicted molar refractivity (Wildman–Crippen MR) is 120 cm³/mol. The molecule has 2 N–H and O–H groups in total. The zero-order valence-electron chi connectivity index (χ0n) is 17.4. The van der Waals surface area contributed by atoms with Gasteiger partial charge in [-0.3, -0.25) is 4.79 Å². The molecule has 1 atom stereocenters. The van der Waals surface area contributed by atoms with E-state index >= 15 is 0 Å². The maximum absolute atomic E-state index is 13.1. The number of hydrogen-bond acceptors (Lipinski definition) is 6. The molecule has 0 spiro atoms. The lowest BCUT2D eigenvalue weighted by molar-refractivity contribution is -0.114. The molecule has 31 heavy (non-hydrogen) atoms. The van der Waals surface area contributed by atoms with Gasteiger partial charge in [-0.1, -0.05) is 42.8 Å². The minimum Gasteiger partial charge on any atom is -0.489 e. The summed E-state index contributed by atoms with van der Waals surface area (Å²) in [5.41, 5.74) is 2.29. The lowest BCUT2D eigenvalue weighted by Gasteiger charge is -2.15. The molecule has 0 bridgehead atoms. The van der Waals surface area contributed by atoms with Crippen LogP contribution in [-0.4, -0.2) is 48.0 Å². The Hall–Kier alpha value is -2.87. The molecule has 3 rings (SSSR count). The monoisotopic (exact) mass is 444 g/mol. The highest BCUT2D eigenvalue weighted by molar-refractivity contribution is 6.32. The molecule has 8 heteroatoms. The smallest absolute Gasteiger partial charge is 0.305 e. The van der Waals surface area contributed by atoms with E-state index in [9.17, 15) is 9.90 Å². The number of aliphatic imine (C=N–C) groups is 1. The SMILES string of the molecule is CCC/N=C1\O/C(=C\c2ccc(OCC(O)CO)c(Cl)c2)C(=O)N1c1ccccc1C. The highest BCUT2D eigenvalue weighted by atomic mass is 35.5. The molecule has 7 nitrogen and oxygen atoms in total. The average Bonchev–Trinajstić information content (AvgIpc) is 3.06. The van der Waals surface area contributed by atoms with Crippen LogP contribution in [0, 0.1) is 6.92 Å². The highest BCUT2D eigenvalue weighted by Crippen LogP contribution is 2.31. The number of para-hydroxylation sites is 1. The quantitative estimate of drug-likeness (QED) is 0.607. The van der Waals surface area contributed by atoms with Gasteiger partial charge in [0.2, 0.25) is 0 Å². The summed E-state index contributed by atoms with van der Waals surface area (Å²) in [6.45, 7) is 3.98. The number of aryl methyl sites for hydroxylation is 1. The van der Waals surface area contributed by atoms with Crippen LogP contribution in [0.4, 0.5) is 5.69 Å². The van der Waals surface area contributed by atoms with Crippen LogP contribution in [0.25, 0.3) is 6.08 Å².